The van der Waals surface area contributed by atoms with Crippen molar-refractivity contribution in [1.29, 1.82) is 0 Å². The van der Waals surface area contributed by atoms with Crippen LogP contribution in [0.1, 0.15) is 45.7 Å². The van der Waals surface area contributed by atoms with Gasteiger partial charge in [0.2, 0.25) is 12.1 Å². The molecule has 2 N–H and O–H groups in total. The second-order valence-corrected chi connectivity index (χ2v) is 21.8. The Hall–Kier alpha value is -3.62. The Bertz CT molecular complexity index is 1610. The van der Waals surface area contributed by atoms with E-state index in [1.165, 1.54) is 60.3 Å². The van der Waals surface area contributed by atoms with Crippen molar-refractivity contribution in [2.75, 3.05) is 6.54 Å². The monoisotopic (exact) mass is 782 g/mol. The summed E-state index contributed by atoms with van der Waals surface area (Å²) in [5.74, 6) is -2.31. The Kier molecular flexibility index (Phi) is 14.5. The fourth-order valence-corrected chi connectivity index (χ4v) is 9.32. The molecule has 0 spiro atoms. The summed E-state index contributed by atoms with van der Waals surface area (Å²) < 4.78 is 17.4. The summed E-state index contributed by atoms with van der Waals surface area (Å²) in [7, 11) is -2.32. The van der Waals surface area contributed by atoms with Gasteiger partial charge in [0.05, 0.1) is 21.9 Å². The predicted molar refractivity (Wildman–Crippen MR) is 199 cm³/mol. The van der Waals surface area contributed by atoms with Crippen LogP contribution in [0.4, 0.5) is 16.2 Å². The quantitative estimate of drug-likeness (QED) is 0.0522. The number of hydrogen-bond acceptors (Lipinski definition) is 14. The van der Waals surface area contributed by atoms with Crippen molar-refractivity contribution in [3.05, 3.63) is 79.9 Å². The van der Waals surface area contributed by atoms with Crippen LogP contribution in [-0.2, 0) is 36.7 Å². The van der Waals surface area contributed by atoms with Crippen LogP contribution in [-0.4, -0.2) is 79.2 Å². The van der Waals surface area contributed by atoms with E-state index < -0.39 is 59.8 Å². The number of carbonyl (C=O) groups excluding carboxylic acids is 3. The van der Waals surface area contributed by atoms with Crippen LogP contribution in [0.2, 0.25) is 18.1 Å². The smallest absolute Gasteiger partial charge is 0.407 e. The van der Waals surface area contributed by atoms with E-state index in [1.54, 1.807) is 6.92 Å². The first-order valence-electron chi connectivity index (χ1n) is 15.8. The van der Waals surface area contributed by atoms with Gasteiger partial charge in [0, 0.05) is 36.1 Å². The average molecular weight is 783 g/mol. The van der Waals surface area contributed by atoms with Crippen molar-refractivity contribution < 1.29 is 43.2 Å². The lowest BCUT2D eigenvalue weighted by Crippen LogP contribution is -2.68. The summed E-state index contributed by atoms with van der Waals surface area (Å²) in [6, 6.07) is 11.0. The second-order valence-electron chi connectivity index (χ2n) is 13.3. The number of benzene rings is 2. The summed E-state index contributed by atoms with van der Waals surface area (Å²) in [5, 5.41) is 34.2. The Labute approximate surface area is 310 Å². The number of esters is 1. The number of carbonyl (C=O) groups is 3. The first kappa shape index (κ1) is 41.8. The van der Waals surface area contributed by atoms with Gasteiger partial charge in [-0.15, -0.1) is 11.8 Å². The molecule has 2 aromatic rings. The highest BCUT2D eigenvalue weighted by atomic mass is 32.2. The minimum Gasteiger partial charge on any atom is -0.457 e. The highest BCUT2D eigenvalue weighted by molar-refractivity contribution is 8.47. The number of thiocarbonyl (C=S) groups is 1. The fourth-order valence-electron chi connectivity index (χ4n) is 4.58. The third-order valence-electron chi connectivity index (χ3n) is 8.48. The molecule has 1 saturated heterocycles. The number of hydrogen-bond donors (Lipinski definition) is 2. The van der Waals surface area contributed by atoms with E-state index in [9.17, 15) is 39.7 Å². The highest BCUT2D eigenvalue weighted by Crippen LogP contribution is 2.45. The second kappa shape index (κ2) is 17.7. The molecular weight excluding hydrogens is 741 g/mol. The lowest BCUT2D eigenvalue weighted by Gasteiger charge is -2.51. The molecule has 1 fully saturated rings. The van der Waals surface area contributed by atoms with Gasteiger partial charge in [-0.1, -0.05) is 51.7 Å². The van der Waals surface area contributed by atoms with E-state index in [0.717, 1.165) is 16.7 Å². The third-order valence-corrected chi connectivity index (χ3v) is 15.9. The van der Waals surface area contributed by atoms with Crippen LogP contribution in [0.15, 0.2) is 48.5 Å². The average Bonchev–Trinajstić information content (AvgIpc) is 3.04. The Balaban J connectivity index is 1.62. The fraction of sp³-hybridized carbons (Fsp3) is 0.500. The molecule has 0 radical (unpaired) electrons. The molecule has 51 heavy (non-hydrogen) atoms. The Morgan fingerprint density at radius 2 is 1.47 bits per heavy atom. The van der Waals surface area contributed by atoms with Crippen molar-refractivity contribution in [3.8, 4) is 0 Å². The predicted octanol–water partition coefficient (Wildman–Crippen LogP) is 6.13. The number of nitro groups is 2. The topological polar surface area (TPSA) is 201 Å². The molecule has 2 amide bonds. The van der Waals surface area contributed by atoms with Crippen molar-refractivity contribution >= 4 is 76.9 Å². The van der Waals surface area contributed by atoms with Crippen LogP contribution in [0, 0.1) is 26.1 Å². The van der Waals surface area contributed by atoms with Gasteiger partial charge in [-0.25, -0.2) is 9.59 Å². The van der Waals surface area contributed by atoms with Crippen LogP contribution in [0.3, 0.4) is 0 Å². The number of nitrogens with one attached hydrogen (secondary N) is 1. The van der Waals surface area contributed by atoms with E-state index in [0.29, 0.717) is 14.7 Å². The number of ether oxygens (including phenoxy) is 2. The van der Waals surface area contributed by atoms with E-state index in [2.05, 4.69) is 39.2 Å². The van der Waals surface area contributed by atoms with E-state index in [4.69, 9.17) is 26.1 Å². The number of nitro benzene ring substituents is 2. The maximum atomic E-state index is 13.5. The van der Waals surface area contributed by atoms with Gasteiger partial charge >= 0.3 is 12.1 Å². The van der Waals surface area contributed by atoms with Crippen LogP contribution in [0.25, 0.3) is 0 Å². The number of alkyl carbamates (subject to hydrolysis) is 1. The maximum Gasteiger partial charge on any atom is 0.407 e. The zero-order valence-electron chi connectivity index (χ0n) is 29.2. The largest absolute Gasteiger partial charge is 0.457 e. The molecule has 1 heterocycles. The van der Waals surface area contributed by atoms with Crippen LogP contribution < -0.4 is 5.32 Å². The Morgan fingerprint density at radius 1 is 0.980 bits per heavy atom. The van der Waals surface area contributed by atoms with Gasteiger partial charge in [0.15, 0.2) is 8.32 Å². The first-order valence-corrected chi connectivity index (χ1v) is 20.9. The summed E-state index contributed by atoms with van der Waals surface area (Å²) in [6.45, 7) is 13.8. The molecule has 19 heteroatoms. The number of amides is 2. The molecule has 3 rings (SSSR count). The van der Waals surface area contributed by atoms with Crippen LogP contribution in [0.5, 0.6) is 0 Å². The number of rotatable bonds is 15. The molecular formula is C32H42N4O11S3Si. The maximum absolute atomic E-state index is 13.5. The van der Waals surface area contributed by atoms with Gasteiger partial charge in [0.25, 0.3) is 11.4 Å². The minimum absolute atomic E-state index is 0.0738. The van der Waals surface area contributed by atoms with Gasteiger partial charge in [0.1, 0.15) is 22.1 Å². The molecule has 0 aliphatic carbocycles. The number of non-ortho nitro benzene ring substituents is 2. The first-order chi connectivity index (χ1) is 23.7. The zero-order chi connectivity index (χ0) is 38.3. The number of thioether (sulfide) groups is 2. The summed E-state index contributed by atoms with van der Waals surface area (Å²) >= 11 is 8.01. The molecule has 2 aromatic carbocycles. The van der Waals surface area contributed by atoms with Gasteiger partial charge in [-0.3, -0.25) is 29.9 Å². The van der Waals surface area contributed by atoms with Gasteiger partial charge in [-0.2, -0.15) is 0 Å². The molecule has 1 aliphatic rings. The third kappa shape index (κ3) is 11.4. The van der Waals surface area contributed by atoms with Crippen molar-refractivity contribution in [2.45, 2.75) is 88.9 Å². The molecule has 278 valence electrons. The number of nitrogens with zero attached hydrogens (tertiary/aromatic N) is 3. The summed E-state index contributed by atoms with van der Waals surface area (Å²) in [6.07, 6.45) is -3.20. The number of likely N-dealkylation sites (tertiary alicyclic amines) is 1. The molecule has 0 bridgehead atoms. The Morgan fingerprint density at radius 3 is 1.94 bits per heavy atom. The minimum atomic E-state index is -2.32. The van der Waals surface area contributed by atoms with Crippen molar-refractivity contribution in [1.82, 2.24) is 10.2 Å². The van der Waals surface area contributed by atoms with Gasteiger partial charge < -0.3 is 24.3 Å². The molecule has 0 aromatic heterocycles. The number of aliphatic hydroxyl groups is 1. The lowest BCUT2D eigenvalue weighted by atomic mass is 9.92. The zero-order valence-corrected chi connectivity index (χ0v) is 32.7. The van der Waals surface area contributed by atoms with E-state index in [1.807, 2.05) is 6.92 Å². The normalized spacial score (nSPS) is 17.8. The van der Waals surface area contributed by atoms with E-state index >= 15 is 0 Å². The van der Waals surface area contributed by atoms with Crippen LogP contribution >= 0.6 is 35.7 Å². The molecule has 5 atom stereocenters. The van der Waals surface area contributed by atoms with E-state index in [-0.39, 0.29) is 41.4 Å². The van der Waals surface area contributed by atoms with Crippen molar-refractivity contribution in [3.63, 3.8) is 0 Å². The molecule has 0 saturated carbocycles. The molecule has 1 aliphatic heterocycles. The number of β-lactam (4-membered cyclic amide) rings is 1. The SMILES string of the molecule is CC(CNC(=O)OCc1ccc([N+](=O)[O-])cc1)SC(=S)S[C@@H]1[C@@H]([C@@H](C)O[Si](C)(C)C(C)(C)C)C(=O)N1C(O)C(=O)OCc1ccc([N+](=O)[O-])cc1. The summed E-state index contributed by atoms with van der Waals surface area (Å²) in [5.41, 5.74) is 0.825. The highest BCUT2D eigenvalue weighted by Gasteiger charge is 2.56. The summed E-state index contributed by atoms with van der Waals surface area (Å²) in [4.78, 5) is 60.4. The lowest BCUT2D eigenvalue weighted by molar-refractivity contribution is -0.385. The van der Waals surface area contributed by atoms with Gasteiger partial charge in [-0.05, 0) is 60.4 Å². The van der Waals surface area contributed by atoms with Crippen molar-refractivity contribution in [2.24, 2.45) is 5.92 Å². The molecule has 15 nitrogen and oxygen atoms in total. The molecule has 2 unspecified atom stereocenters. The number of aliphatic hydroxyl groups excluding tert-OH is 1. The standard InChI is InChI=1S/C32H42N4O11S3Si/c1-19(16-33-30(40)46-18-22-10-14-24(15-11-22)36(43)44)49-31(48)50-28-25(20(2)47-51(6,7)32(3,4)5)26(37)34(28)27(38)29(39)45-17-21-8-12-23(13-9-21)35(41)42/h8-15,19-20,25,27-28,38H,16-18H2,1-7H3,(H,33,40)/t19?,20-,25+,27?,28-/m1/s1.